The number of nitrogens with zero attached hydrogens (tertiary/aromatic N) is 4. The Labute approximate surface area is 175 Å². The van der Waals surface area contributed by atoms with Crippen LogP contribution in [-0.2, 0) is 0 Å². The van der Waals surface area contributed by atoms with E-state index in [2.05, 4.69) is 44.5 Å². The van der Waals surface area contributed by atoms with Crippen LogP contribution in [0.4, 0.5) is 10.5 Å². The van der Waals surface area contributed by atoms with Crippen molar-refractivity contribution in [1.82, 2.24) is 30.8 Å². The van der Waals surface area contributed by atoms with E-state index in [-0.39, 0.29) is 12.2 Å². The molecular formula is C21H28N8O. The van der Waals surface area contributed by atoms with Gasteiger partial charge in [0.1, 0.15) is 6.17 Å². The topological polar surface area (TPSA) is 101 Å². The lowest BCUT2D eigenvalue weighted by Crippen LogP contribution is -2.44. The lowest BCUT2D eigenvalue weighted by Gasteiger charge is -2.28. The third kappa shape index (κ3) is 3.49. The van der Waals surface area contributed by atoms with Gasteiger partial charge in [-0.2, -0.15) is 5.10 Å². The molecule has 0 bridgehead atoms. The summed E-state index contributed by atoms with van der Waals surface area (Å²) in [6, 6.07) is 4.18. The van der Waals surface area contributed by atoms with Crippen LogP contribution in [0.3, 0.4) is 0 Å². The number of aromatic nitrogens is 2. The van der Waals surface area contributed by atoms with Crippen molar-refractivity contribution in [3.8, 4) is 0 Å². The molecule has 1 unspecified atom stereocenters. The van der Waals surface area contributed by atoms with Gasteiger partial charge in [0, 0.05) is 37.8 Å². The number of rotatable bonds is 4. The Morgan fingerprint density at radius 1 is 1.33 bits per heavy atom. The van der Waals surface area contributed by atoms with Crippen molar-refractivity contribution in [3.63, 3.8) is 0 Å². The van der Waals surface area contributed by atoms with Gasteiger partial charge < -0.3 is 15.5 Å². The third-order valence-electron chi connectivity index (χ3n) is 5.99. The number of anilines is 1. The molecule has 1 saturated carbocycles. The number of guanidine groups is 1. The van der Waals surface area contributed by atoms with E-state index in [9.17, 15) is 4.79 Å². The zero-order chi connectivity index (χ0) is 20.7. The fraction of sp³-hybridized carbons (Fsp3) is 0.476. The number of aliphatic imine (C=N–C) groups is 1. The predicted octanol–water partition coefficient (Wildman–Crippen LogP) is 2.35. The quantitative estimate of drug-likeness (QED) is 0.582. The Morgan fingerprint density at radius 2 is 2.20 bits per heavy atom. The maximum atomic E-state index is 12.0. The van der Waals surface area contributed by atoms with Crippen molar-refractivity contribution in [3.05, 3.63) is 35.5 Å². The fourth-order valence-electron chi connectivity index (χ4n) is 4.23. The van der Waals surface area contributed by atoms with Gasteiger partial charge in [0.15, 0.2) is 0 Å². The van der Waals surface area contributed by atoms with Crippen LogP contribution in [0.15, 0.2) is 35.0 Å². The average molecular weight is 409 g/mol. The molecule has 3 aliphatic rings. The van der Waals surface area contributed by atoms with Gasteiger partial charge in [-0.15, -0.1) is 0 Å². The lowest BCUT2D eigenvalue weighted by atomic mass is 10.0. The molecule has 2 amide bonds. The van der Waals surface area contributed by atoms with Gasteiger partial charge in [-0.25, -0.2) is 15.2 Å². The number of hydrazine groups is 1. The molecule has 9 nitrogen and oxygen atoms in total. The number of hydrogen-bond acceptors (Lipinski definition) is 6. The fourth-order valence-corrected chi connectivity index (χ4v) is 4.23. The number of amides is 2. The zero-order valence-corrected chi connectivity index (χ0v) is 17.4. The van der Waals surface area contributed by atoms with Crippen LogP contribution in [0, 0.1) is 0 Å². The Kier molecular flexibility index (Phi) is 4.82. The molecule has 1 aromatic carbocycles. The Morgan fingerprint density at radius 3 is 2.93 bits per heavy atom. The van der Waals surface area contributed by atoms with Crippen LogP contribution in [0.2, 0.25) is 0 Å². The molecule has 30 heavy (non-hydrogen) atoms. The summed E-state index contributed by atoms with van der Waals surface area (Å²) in [7, 11) is 1.98. The SMILES string of the molecule is CCNC(=O)N1CC=C(C2N=C(Nc3ccc4[nH]ncc4c3C3CC3)N(C)N2)CC1. The minimum absolute atomic E-state index is 0.00241. The summed E-state index contributed by atoms with van der Waals surface area (Å²) < 4.78 is 0. The molecule has 9 heteroatoms. The Bertz CT molecular complexity index is 1020. The summed E-state index contributed by atoms with van der Waals surface area (Å²) >= 11 is 0. The Hall–Kier alpha value is -3.07. The maximum absolute atomic E-state index is 12.0. The van der Waals surface area contributed by atoms with Gasteiger partial charge in [-0.3, -0.25) is 10.1 Å². The first kappa shape index (κ1) is 18.9. The number of fused-ring (bicyclic) bond motifs is 1. The maximum Gasteiger partial charge on any atom is 0.317 e. The largest absolute Gasteiger partial charge is 0.338 e. The molecule has 1 atom stereocenters. The second kappa shape index (κ2) is 7.64. The van der Waals surface area contributed by atoms with Crippen molar-refractivity contribution in [1.29, 1.82) is 0 Å². The van der Waals surface area contributed by atoms with E-state index >= 15 is 0 Å². The van der Waals surface area contributed by atoms with Crippen molar-refractivity contribution >= 4 is 28.6 Å². The van der Waals surface area contributed by atoms with Gasteiger partial charge in [0.05, 0.1) is 11.7 Å². The first-order chi connectivity index (χ1) is 14.6. The van der Waals surface area contributed by atoms with Crippen molar-refractivity contribution in [2.75, 3.05) is 32.0 Å². The van der Waals surface area contributed by atoms with Gasteiger partial charge in [-0.05, 0) is 55.4 Å². The van der Waals surface area contributed by atoms with E-state index in [1.165, 1.54) is 29.4 Å². The standard InChI is InChI=1S/C21H28N8O/c1-3-22-21(30)29-10-8-14(9-11-29)19-25-20(28(2)27-19)24-17-7-6-16-15(12-23-26-16)18(17)13-4-5-13/h6-8,12-13,19,27H,3-5,9-11H2,1-2H3,(H,22,30)(H,23,26)(H,24,25). The van der Waals surface area contributed by atoms with Crippen molar-refractivity contribution in [2.24, 2.45) is 4.99 Å². The summed E-state index contributed by atoms with van der Waals surface area (Å²) in [5.41, 5.74) is 8.13. The van der Waals surface area contributed by atoms with E-state index in [0.29, 0.717) is 25.6 Å². The molecule has 4 N–H and O–H groups in total. The van der Waals surface area contributed by atoms with Crippen LogP contribution in [-0.4, -0.2) is 64.9 Å². The lowest BCUT2D eigenvalue weighted by molar-refractivity contribution is 0.201. The van der Waals surface area contributed by atoms with E-state index < -0.39 is 0 Å². The van der Waals surface area contributed by atoms with Crippen LogP contribution >= 0.6 is 0 Å². The first-order valence-electron chi connectivity index (χ1n) is 10.7. The number of hydrogen-bond donors (Lipinski definition) is 4. The third-order valence-corrected chi connectivity index (χ3v) is 5.99. The molecule has 2 aromatic rings. The van der Waals surface area contributed by atoms with Gasteiger partial charge in [0.2, 0.25) is 5.96 Å². The predicted molar refractivity (Wildman–Crippen MR) is 117 cm³/mol. The smallest absolute Gasteiger partial charge is 0.317 e. The number of aromatic amines is 1. The van der Waals surface area contributed by atoms with Gasteiger partial charge >= 0.3 is 6.03 Å². The minimum atomic E-state index is -0.101. The highest BCUT2D eigenvalue weighted by Crippen LogP contribution is 2.46. The molecule has 158 valence electrons. The summed E-state index contributed by atoms with van der Waals surface area (Å²) in [6.45, 7) is 3.91. The molecule has 2 aliphatic heterocycles. The monoisotopic (exact) mass is 408 g/mol. The number of urea groups is 1. The van der Waals surface area contributed by atoms with Crippen molar-refractivity contribution in [2.45, 2.75) is 38.3 Å². The molecule has 1 aliphatic carbocycles. The van der Waals surface area contributed by atoms with Gasteiger partial charge in [0.25, 0.3) is 0 Å². The molecule has 3 heterocycles. The molecule has 0 spiro atoms. The number of nitrogens with one attached hydrogen (secondary N) is 4. The van der Waals surface area contributed by atoms with E-state index in [4.69, 9.17) is 4.99 Å². The highest BCUT2D eigenvalue weighted by molar-refractivity contribution is 5.99. The van der Waals surface area contributed by atoms with Crippen LogP contribution in [0.25, 0.3) is 10.9 Å². The second-order valence-corrected chi connectivity index (χ2v) is 8.11. The number of benzene rings is 1. The van der Waals surface area contributed by atoms with Crippen LogP contribution < -0.4 is 16.1 Å². The van der Waals surface area contributed by atoms with Crippen LogP contribution in [0.1, 0.15) is 37.7 Å². The number of H-pyrrole nitrogens is 1. The molecular weight excluding hydrogens is 380 g/mol. The first-order valence-corrected chi connectivity index (χ1v) is 10.7. The zero-order valence-electron chi connectivity index (χ0n) is 17.4. The van der Waals surface area contributed by atoms with Gasteiger partial charge in [-0.1, -0.05) is 6.08 Å². The van der Waals surface area contributed by atoms with E-state index in [1.54, 1.807) is 0 Å². The summed E-state index contributed by atoms with van der Waals surface area (Å²) in [4.78, 5) is 18.7. The van der Waals surface area contributed by atoms with E-state index in [0.717, 1.165) is 23.6 Å². The molecule has 5 rings (SSSR count). The van der Waals surface area contributed by atoms with Crippen LogP contribution in [0.5, 0.6) is 0 Å². The summed E-state index contributed by atoms with van der Waals surface area (Å²) in [6.07, 6.45) is 7.19. The molecule has 0 radical (unpaired) electrons. The highest BCUT2D eigenvalue weighted by Gasteiger charge is 2.31. The summed E-state index contributed by atoms with van der Waals surface area (Å²) in [5.74, 6) is 1.39. The second-order valence-electron chi connectivity index (χ2n) is 8.11. The number of carbonyl (C=O) groups is 1. The number of carbonyl (C=O) groups excluding carboxylic acids is 1. The van der Waals surface area contributed by atoms with Crippen molar-refractivity contribution < 1.29 is 4.79 Å². The van der Waals surface area contributed by atoms with E-state index in [1.807, 2.05) is 30.1 Å². The minimum Gasteiger partial charge on any atom is -0.338 e. The average Bonchev–Trinajstić information content (AvgIpc) is 3.36. The molecule has 0 saturated heterocycles. The normalized spacial score (nSPS) is 21.6. The molecule has 1 aromatic heterocycles. The summed E-state index contributed by atoms with van der Waals surface area (Å²) in [5, 5.41) is 16.8. The highest BCUT2D eigenvalue weighted by atomic mass is 16.2. The Balaban J connectivity index is 1.33. The molecule has 1 fully saturated rings.